The van der Waals surface area contributed by atoms with Gasteiger partial charge < -0.3 is 19.2 Å². The molecule has 0 radical (unpaired) electrons. The van der Waals surface area contributed by atoms with E-state index in [-0.39, 0.29) is 6.10 Å². The van der Waals surface area contributed by atoms with Crippen LogP contribution in [0, 0.1) is 0 Å². The van der Waals surface area contributed by atoms with Crippen LogP contribution in [0.4, 0.5) is 0 Å². The fraction of sp³-hybridized carbons (Fsp3) is 0.333. The number of benzene rings is 1. The van der Waals surface area contributed by atoms with Crippen molar-refractivity contribution in [1.82, 2.24) is 4.98 Å². The highest BCUT2D eigenvalue weighted by Crippen LogP contribution is 2.28. The molecule has 1 saturated heterocycles. The average molecular weight is 289 g/mol. The Morgan fingerprint density at radius 2 is 2.33 bits per heavy atom. The van der Waals surface area contributed by atoms with Gasteiger partial charge in [0.1, 0.15) is 24.2 Å². The number of fused-ring (bicyclic) bond motifs is 1. The molecule has 1 aliphatic rings. The van der Waals surface area contributed by atoms with E-state index < -0.39 is 5.97 Å². The van der Waals surface area contributed by atoms with Crippen molar-refractivity contribution in [1.29, 1.82) is 0 Å². The molecule has 0 bridgehead atoms. The SMILES string of the molecule is CCOC(=O)c1cc2c(C=O)c(OC[C@H]3CO3)ccc2[nH]1. The van der Waals surface area contributed by atoms with Crippen LogP contribution in [0.3, 0.4) is 0 Å². The fourth-order valence-electron chi connectivity index (χ4n) is 2.12. The van der Waals surface area contributed by atoms with E-state index >= 15 is 0 Å². The van der Waals surface area contributed by atoms with Gasteiger partial charge in [-0.05, 0) is 25.1 Å². The molecule has 2 heterocycles. The largest absolute Gasteiger partial charge is 0.490 e. The Bertz CT molecular complexity index is 687. The second-order valence-electron chi connectivity index (χ2n) is 4.73. The van der Waals surface area contributed by atoms with Crippen molar-refractivity contribution < 1.29 is 23.8 Å². The molecule has 2 aromatic rings. The number of hydrogen-bond acceptors (Lipinski definition) is 5. The van der Waals surface area contributed by atoms with Crippen LogP contribution >= 0.6 is 0 Å². The molecule has 3 rings (SSSR count). The van der Waals surface area contributed by atoms with Gasteiger partial charge in [-0.2, -0.15) is 0 Å². The number of nitrogens with one attached hydrogen (secondary N) is 1. The zero-order chi connectivity index (χ0) is 14.8. The van der Waals surface area contributed by atoms with Crippen LogP contribution in [0.15, 0.2) is 18.2 Å². The summed E-state index contributed by atoms with van der Waals surface area (Å²) in [6, 6.07) is 5.09. The lowest BCUT2D eigenvalue weighted by atomic mass is 10.1. The first-order valence-corrected chi connectivity index (χ1v) is 6.75. The number of hydrogen-bond donors (Lipinski definition) is 1. The topological polar surface area (TPSA) is 80.9 Å². The lowest BCUT2D eigenvalue weighted by Crippen LogP contribution is -2.05. The normalized spacial score (nSPS) is 16.7. The van der Waals surface area contributed by atoms with Crippen molar-refractivity contribution in [3.63, 3.8) is 0 Å². The number of carbonyl (C=O) groups is 2. The molecule has 0 aliphatic carbocycles. The minimum Gasteiger partial charge on any atom is -0.490 e. The van der Waals surface area contributed by atoms with E-state index in [0.717, 1.165) is 6.29 Å². The molecule has 1 atom stereocenters. The number of H-pyrrole nitrogens is 1. The molecular formula is C15H15NO5. The molecule has 21 heavy (non-hydrogen) atoms. The molecule has 1 aromatic carbocycles. The first kappa shape index (κ1) is 13.6. The van der Waals surface area contributed by atoms with E-state index in [9.17, 15) is 9.59 Å². The maximum absolute atomic E-state index is 11.7. The van der Waals surface area contributed by atoms with Gasteiger partial charge in [-0.1, -0.05) is 0 Å². The highest BCUT2D eigenvalue weighted by Gasteiger charge is 2.24. The Labute approximate surface area is 121 Å². The predicted octanol–water partition coefficient (Wildman–Crippen LogP) is 1.93. The zero-order valence-corrected chi connectivity index (χ0v) is 11.5. The minimum absolute atomic E-state index is 0.113. The first-order valence-electron chi connectivity index (χ1n) is 6.75. The molecule has 6 heteroatoms. The number of aldehydes is 1. The molecule has 1 N–H and O–H groups in total. The highest BCUT2D eigenvalue weighted by molar-refractivity contribution is 6.03. The molecule has 0 amide bonds. The highest BCUT2D eigenvalue weighted by atomic mass is 16.6. The quantitative estimate of drug-likeness (QED) is 0.499. The van der Waals surface area contributed by atoms with Crippen molar-refractivity contribution in [3.05, 3.63) is 29.5 Å². The summed E-state index contributed by atoms with van der Waals surface area (Å²) in [6.45, 7) is 3.14. The van der Waals surface area contributed by atoms with Crippen molar-refractivity contribution in [2.45, 2.75) is 13.0 Å². The van der Waals surface area contributed by atoms with Crippen LogP contribution in [0.5, 0.6) is 5.75 Å². The Kier molecular flexibility index (Phi) is 3.62. The lowest BCUT2D eigenvalue weighted by molar-refractivity contribution is 0.0520. The molecule has 1 fully saturated rings. The molecule has 6 nitrogen and oxygen atoms in total. The van der Waals surface area contributed by atoms with E-state index in [2.05, 4.69) is 4.98 Å². The summed E-state index contributed by atoms with van der Waals surface area (Å²) in [5, 5.41) is 0.641. The van der Waals surface area contributed by atoms with Gasteiger partial charge in [-0.3, -0.25) is 4.79 Å². The van der Waals surface area contributed by atoms with Gasteiger partial charge in [0.15, 0.2) is 6.29 Å². The monoisotopic (exact) mass is 289 g/mol. The summed E-state index contributed by atoms with van der Waals surface area (Å²) in [5.74, 6) is 0.0433. The standard InChI is InChI=1S/C15H15NO5/c1-2-19-15(18)13-5-10-11(6-17)14(4-3-12(10)16-13)21-8-9-7-20-9/h3-6,9,16H,2,7-8H2,1H3/t9-/m1/s1. The number of aromatic amines is 1. The number of ether oxygens (including phenoxy) is 3. The number of esters is 1. The maximum atomic E-state index is 11.7. The molecule has 1 aliphatic heterocycles. The Balaban J connectivity index is 1.94. The van der Waals surface area contributed by atoms with Crippen molar-refractivity contribution in [2.24, 2.45) is 0 Å². The average Bonchev–Trinajstić information content (AvgIpc) is 3.21. The number of carbonyl (C=O) groups excluding carboxylic acids is 2. The van der Waals surface area contributed by atoms with Crippen LogP contribution in [-0.2, 0) is 9.47 Å². The van der Waals surface area contributed by atoms with Crippen LogP contribution in [0.25, 0.3) is 10.9 Å². The summed E-state index contributed by atoms with van der Waals surface area (Å²) >= 11 is 0. The fourth-order valence-corrected chi connectivity index (χ4v) is 2.12. The summed E-state index contributed by atoms with van der Waals surface area (Å²) in [7, 11) is 0. The Hall–Kier alpha value is -2.34. The molecule has 0 saturated carbocycles. The minimum atomic E-state index is -0.445. The molecule has 110 valence electrons. The van der Waals surface area contributed by atoms with Crippen LogP contribution in [-0.4, -0.2) is 43.2 Å². The summed E-state index contributed by atoms with van der Waals surface area (Å²) in [5.41, 5.74) is 1.42. The number of epoxide rings is 1. The Morgan fingerprint density at radius 1 is 1.52 bits per heavy atom. The van der Waals surface area contributed by atoms with Gasteiger partial charge in [0.2, 0.25) is 0 Å². The summed E-state index contributed by atoms with van der Waals surface area (Å²) in [6.07, 6.45) is 0.843. The summed E-state index contributed by atoms with van der Waals surface area (Å²) < 4.78 is 15.6. The third kappa shape index (κ3) is 2.75. The van der Waals surface area contributed by atoms with Crippen molar-refractivity contribution in [3.8, 4) is 5.75 Å². The predicted molar refractivity (Wildman–Crippen MR) is 74.9 cm³/mol. The molecular weight excluding hydrogens is 274 g/mol. The molecule has 0 spiro atoms. The molecule has 0 unspecified atom stereocenters. The van der Waals surface area contributed by atoms with Gasteiger partial charge in [0.05, 0.1) is 18.8 Å². The molecule has 1 aromatic heterocycles. The third-order valence-corrected chi connectivity index (χ3v) is 3.25. The Morgan fingerprint density at radius 3 is 3.00 bits per heavy atom. The van der Waals surface area contributed by atoms with Gasteiger partial charge in [-0.15, -0.1) is 0 Å². The zero-order valence-electron chi connectivity index (χ0n) is 11.5. The van der Waals surface area contributed by atoms with Crippen LogP contribution < -0.4 is 4.74 Å². The lowest BCUT2D eigenvalue weighted by Gasteiger charge is -2.07. The second-order valence-corrected chi connectivity index (χ2v) is 4.73. The third-order valence-electron chi connectivity index (χ3n) is 3.25. The van der Waals surface area contributed by atoms with Crippen LogP contribution in [0.2, 0.25) is 0 Å². The van der Waals surface area contributed by atoms with Gasteiger partial charge in [0.25, 0.3) is 0 Å². The van der Waals surface area contributed by atoms with Crippen LogP contribution in [0.1, 0.15) is 27.8 Å². The van der Waals surface area contributed by atoms with E-state index in [1.807, 2.05) is 0 Å². The van der Waals surface area contributed by atoms with E-state index in [0.29, 0.717) is 47.7 Å². The van der Waals surface area contributed by atoms with Crippen molar-refractivity contribution >= 4 is 23.2 Å². The van der Waals surface area contributed by atoms with E-state index in [4.69, 9.17) is 14.2 Å². The van der Waals surface area contributed by atoms with Gasteiger partial charge in [0, 0.05) is 10.9 Å². The van der Waals surface area contributed by atoms with Crippen molar-refractivity contribution in [2.75, 3.05) is 19.8 Å². The maximum Gasteiger partial charge on any atom is 0.354 e. The van der Waals surface area contributed by atoms with E-state index in [1.54, 1.807) is 25.1 Å². The number of rotatable bonds is 6. The van der Waals surface area contributed by atoms with E-state index in [1.165, 1.54) is 0 Å². The second kappa shape index (κ2) is 5.57. The first-order chi connectivity index (χ1) is 10.2. The van der Waals surface area contributed by atoms with Gasteiger partial charge >= 0.3 is 5.97 Å². The number of aromatic nitrogens is 1. The van der Waals surface area contributed by atoms with Gasteiger partial charge in [-0.25, -0.2) is 4.79 Å². The smallest absolute Gasteiger partial charge is 0.354 e. The summed E-state index contributed by atoms with van der Waals surface area (Å²) in [4.78, 5) is 26.0.